The number of nitrogens with one attached hydrogen (secondary N) is 2. The van der Waals surface area contributed by atoms with Gasteiger partial charge in [-0.1, -0.05) is 35.3 Å². The number of aliphatic carboxylic acids is 1. The molecular weight excluding hydrogens is 348 g/mol. The maximum Gasteiger partial charge on any atom is 0.326 e. The fourth-order valence-electron chi connectivity index (χ4n) is 2.39. The quantitative estimate of drug-likeness (QED) is 0.703. The van der Waals surface area contributed by atoms with Gasteiger partial charge in [-0.2, -0.15) is 0 Å². The van der Waals surface area contributed by atoms with E-state index in [1.54, 1.807) is 6.20 Å². The first-order chi connectivity index (χ1) is 10.5. The molecule has 0 spiro atoms. The van der Waals surface area contributed by atoms with Gasteiger partial charge in [0.1, 0.15) is 6.04 Å². The van der Waals surface area contributed by atoms with Gasteiger partial charge in [-0.15, -0.1) is 0 Å². The fourth-order valence-corrected chi connectivity index (χ4v) is 3.01. The highest BCUT2D eigenvalue weighted by atomic mass is 79.9. The number of H-pyrrole nitrogens is 1. The molecule has 6 heteroatoms. The predicted octanol–water partition coefficient (Wildman–Crippen LogP) is 3.23. The van der Waals surface area contributed by atoms with Crippen LogP contribution in [0.25, 0.3) is 10.9 Å². The first kappa shape index (κ1) is 16.5. The highest BCUT2D eigenvalue weighted by Crippen LogP contribution is 2.27. The number of rotatable bonds is 7. The Kier molecular flexibility index (Phi) is 5.60. The molecule has 0 aliphatic heterocycles. The van der Waals surface area contributed by atoms with Crippen LogP contribution in [0.4, 0.5) is 0 Å². The summed E-state index contributed by atoms with van der Waals surface area (Å²) in [6, 6.07) is 4.83. The topological polar surface area (TPSA) is 82.2 Å². The zero-order valence-corrected chi connectivity index (χ0v) is 13.9. The molecule has 5 nitrogen and oxygen atoms in total. The van der Waals surface area contributed by atoms with E-state index in [1.807, 2.05) is 25.1 Å². The van der Waals surface area contributed by atoms with Gasteiger partial charge in [0.05, 0.1) is 0 Å². The molecule has 0 saturated heterocycles. The summed E-state index contributed by atoms with van der Waals surface area (Å²) in [6.45, 7) is 1.99. The Bertz CT molecular complexity index is 681. The molecular formula is C16H19BrN2O3. The lowest BCUT2D eigenvalue weighted by atomic mass is 10.0. The highest BCUT2D eigenvalue weighted by molar-refractivity contribution is 9.10. The summed E-state index contributed by atoms with van der Waals surface area (Å²) in [4.78, 5) is 26.3. The number of fused-ring (bicyclic) bond motifs is 1. The number of halogens is 1. The van der Waals surface area contributed by atoms with Crippen molar-refractivity contribution in [3.63, 3.8) is 0 Å². The molecule has 118 valence electrons. The van der Waals surface area contributed by atoms with Gasteiger partial charge in [-0.05, 0) is 24.1 Å². The standard InChI is InChI=1S/C16H19BrN2O3/c1-2-3-7-14(20)19-13(16(21)22)8-10-9-18-12-6-4-5-11(17)15(10)12/h4-6,9,13,18H,2-3,7-8H2,1H3,(H,19,20)(H,21,22). The van der Waals surface area contributed by atoms with Crippen LogP contribution < -0.4 is 5.32 Å². The molecule has 2 rings (SSSR count). The second-order valence-corrected chi connectivity index (χ2v) is 6.10. The van der Waals surface area contributed by atoms with Gasteiger partial charge in [-0.3, -0.25) is 4.79 Å². The summed E-state index contributed by atoms with van der Waals surface area (Å²) in [5.41, 5.74) is 1.80. The Morgan fingerprint density at radius 3 is 2.86 bits per heavy atom. The van der Waals surface area contributed by atoms with Crippen molar-refractivity contribution < 1.29 is 14.7 Å². The molecule has 1 amide bonds. The minimum Gasteiger partial charge on any atom is -0.480 e. The van der Waals surface area contributed by atoms with Crippen LogP contribution in [0.5, 0.6) is 0 Å². The van der Waals surface area contributed by atoms with Crippen LogP contribution in [0.1, 0.15) is 31.7 Å². The molecule has 1 unspecified atom stereocenters. The number of benzene rings is 1. The number of hydrogen-bond donors (Lipinski definition) is 3. The summed E-state index contributed by atoms with van der Waals surface area (Å²) < 4.78 is 0.905. The van der Waals surface area contributed by atoms with E-state index < -0.39 is 12.0 Å². The largest absolute Gasteiger partial charge is 0.480 e. The van der Waals surface area contributed by atoms with Gasteiger partial charge in [0.15, 0.2) is 0 Å². The number of carboxylic acid groups (broad SMARTS) is 1. The van der Waals surface area contributed by atoms with Crippen molar-refractivity contribution in [1.82, 2.24) is 10.3 Å². The number of carbonyl (C=O) groups excluding carboxylic acids is 1. The number of aromatic nitrogens is 1. The average Bonchev–Trinajstić information content (AvgIpc) is 2.89. The van der Waals surface area contributed by atoms with E-state index in [2.05, 4.69) is 26.2 Å². The number of amides is 1. The summed E-state index contributed by atoms with van der Waals surface area (Å²) in [5.74, 6) is -1.24. The van der Waals surface area contributed by atoms with Crippen molar-refractivity contribution in [2.75, 3.05) is 0 Å². The third kappa shape index (κ3) is 3.88. The average molecular weight is 367 g/mol. The normalized spacial score (nSPS) is 12.3. The van der Waals surface area contributed by atoms with Crippen LogP contribution in [0.3, 0.4) is 0 Å². The Morgan fingerprint density at radius 2 is 2.18 bits per heavy atom. The first-order valence-corrected chi connectivity index (χ1v) is 8.09. The Hall–Kier alpha value is -1.82. The van der Waals surface area contributed by atoms with Gasteiger partial charge in [0.2, 0.25) is 5.91 Å². The lowest BCUT2D eigenvalue weighted by Crippen LogP contribution is -2.42. The SMILES string of the molecule is CCCCC(=O)NC(Cc1c[nH]c2cccc(Br)c12)C(=O)O. The molecule has 3 N–H and O–H groups in total. The van der Waals surface area contributed by atoms with Gasteiger partial charge >= 0.3 is 5.97 Å². The molecule has 0 radical (unpaired) electrons. The Balaban J connectivity index is 2.16. The van der Waals surface area contributed by atoms with E-state index in [0.29, 0.717) is 6.42 Å². The van der Waals surface area contributed by atoms with Crippen LogP contribution in [0, 0.1) is 0 Å². The lowest BCUT2D eigenvalue weighted by Gasteiger charge is -2.14. The van der Waals surface area contributed by atoms with E-state index in [9.17, 15) is 14.7 Å². The van der Waals surface area contributed by atoms with E-state index in [1.165, 1.54) is 0 Å². The third-order valence-electron chi connectivity index (χ3n) is 3.55. The van der Waals surface area contributed by atoms with Crippen LogP contribution >= 0.6 is 15.9 Å². The molecule has 0 fully saturated rings. The van der Waals surface area contributed by atoms with Crippen LogP contribution in [0.2, 0.25) is 0 Å². The van der Waals surface area contributed by atoms with Crippen LogP contribution in [-0.4, -0.2) is 28.0 Å². The summed E-state index contributed by atoms with van der Waals surface area (Å²) in [5, 5.41) is 12.9. The zero-order chi connectivity index (χ0) is 16.1. The second kappa shape index (κ2) is 7.45. The van der Waals surface area contributed by atoms with Gasteiger partial charge < -0.3 is 15.4 Å². The fraction of sp³-hybridized carbons (Fsp3) is 0.375. The van der Waals surface area contributed by atoms with Crippen molar-refractivity contribution >= 4 is 38.7 Å². The first-order valence-electron chi connectivity index (χ1n) is 7.29. The van der Waals surface area contributed by atoms with Gasteiger partial charge in [0.25, 0.3) is 0 Å². The molecule has 1 aromatic heterocycles. The van der Waals surface area contributed by atoms with E-state index in [-0.39, 0.29) is 12.3 Å². The molecule has 0 saturated carbocycles. The van der Waals surface area contributed by atoms with Gasteiger partial charge in [-0.25, -0.2) is 4.79 Å². The molecule has 0 aliphatic rings. The number of carbonyl (C=O) groups is 2. The molecule has 22 heavy (non-hydrogen) atoms. The van der Waals surface area contributed by atoms with Crippen molar-refractivity contribution in [3.05, 3.63) is 34.4 Å². The molecule has 1 atom stereocenters. The molecule has 1 heterocycles. The maximum absolute atomic E-state index is 11.8. The summed E-state index contributed by atoms with van der Waals surface area (Å²) in [6.07, 6.45) is 4.06. The number of hydrogen-bond acceptors (Lipinski definition) is 2. The highest BCUT2D eigenvalue weighted by Gasteiger charge is 2.22. The lowest BCUT2D eigenvalue weighted by molar-refractivity contribution is -0.141. The van der Waals surface area contributed by atoms with E-state index >= 15 is 0 Å². The van der Waals surface area contributed by atoms with Crippen molar-refractivity contribution in [1.29, 1.82) is 0 Å². The van der Waals surface area contributed by atoms with Crippen LogP contribution in [0.15, 0.2) is 28.9 Å². The van der Waals surface area contributed by atoms with E-state index in [4.69, 9.17) is 0 Å². The van der Waals surface area contributed by atoms with Crippen molar-refractivity contribution in [2.24, 2.45) is 0 Å². The maximum atomic E-state index is 11.8. The van der Waals surface area contributed by atoms with E-state index in [0.717, 1.165) is 33.8 Å². The minimum absolute atomic E-state index is 0.215. The second-order valence-electron chi connectivity index (χ2n) is 5.24. The monoisotopic (exact) mass is 366 g/mol. The van der Waals surface area contributed by atoms with Gasteiger partial charge in [0, 0.05) is 34.4 Å². The summed E-state index contributed by atoms with van der Waals surface area (Å²) >= 11 is 3.48. The minimum atomic E-state index is -1.02. The Labute approximate surface area is 137 Å². The number of carboxylic acids is 1. The Morgan fingerprint density at radius 1 is 1.41 bits per heavy atom. The smallest absolute Gasteiger partial charge is 0.326 e. The zero-order valence-electron chi connectivity index (χ0n) is 12.4. The third-order valence-corrected chi connectivity index (χ3v) is 4.21. The predicted molar refractivity (Wildman–Crippen MR) is 88.8 cm³/mol. The number of unbranched alkanes of at least 4 members (excludes halogenated alkanes) is 1. The van der Waals surface area contributed by atoms with Crippen molar-refractivity contribution in [3.8, 4) is 0 Å². The molecule has 1 aromatic carbocycles. The van der Waals surface area contributed by atoms with Crippen molar-refractivity contribution in [2.45, 2.75) is 38.6 Å². The molecule has 0 bridgehead atoms. The summed E-state index contributed by atoms with van der Waals surface area (Å²) in [7, 11) is 0. The van der Waals surface area contributed by atoms with Crippen LogP contribution in [-0.2, 0) is 16.0 Å². The molecule has 0 aliphatic carbocycles. The number of aromatic amines is 1. The molecule has 2 aromatic rings.